The Hall–Kier alpha value is -3.20. The van der Waals surface area contributed by atoms with Gasteiger partial charge in [-0.25, -0.2) is 0 Å². The van der Waals surface area contributed by atoms with Crippen molar-refractivity contribution in [2.45, 2.75) is 25.5 Å². The van der Waals surface area contributed by atoms with Crippen LogP contribution in [-0.2, 0) is 11.4 Å². The maximum Gasteiger partial charge on any atom is 0.276 e. The Morgan fingerprint density at radius 1 is 1.30 bits per heavy atom. The summed E-state index contributed by atoms with van der Waals surface area (Å²) in [6.07, 6.45) is 3.57. The number of amides is 1. The maximum absolute atomic E-state index is 12.4. The lowest BCUT2D eigenvalue weighted by Gasteiger charge is -2.11. The standard InChI is InChI=1S/C18H15N3O5S/c22-17-16(19-18(27)20(17)11-1-2-11)9-14-7-8-15(26-14)10-25-13-5-3-12(4-6-13)21(23)24/h3-9,11H,1-2,10H2,(H,19,27)/b16-9+. The van der Waals surface area contributed by atoms with Crippen molar-refractivity contribution in [3.05, 3.63) is 63.7 Å². The first-order valence-electron chi connectivity index (χ1n) is 8.33. The SMILES string of the molecule is O=C1/C(=C\c2ccc(COc3ccc([N+](=O)[O-])cc3)o2)NC(=S)N1C1CC1. The molecule has 9 heteroatoms. The molecule has 1 amide bonds. The Bertz CT molecular complexity index is 946. The highest BCUT2D eigenvalue weighted by Crippen LogP contribution is 2.31. The van der Waals surface area contributed by atoms with Gasteiger partial charge in [-0.05, 0) is 49.3 Å². The second-order valence-corrected chi connectivity index (χ2v) is 6.62. The molecule has 138 valence electrons. The number of non-ortho nitro benzene ring substituents is 1. The van der Waals surface area contributed by atoms with Crippen LogP contribution in [0.25, 0.3) is 6.08 Å². The predicted octanol–water partition coefficient (Wildman–Crippen LogP) is 2.99. The fourth-order valence-electron chi connectivity index (χ4n) is 2.72. The largest absolute Gasteiger partial charge is 0.486 e. The van der Waals surface area contributed by atoms with Crippen LogP contribution >= 0.6 is 12.2 Å². The molecule has 0 spiro atoms. The molecule has 1 aliphatic heterocycles. The van der Waals surface area contributed by atoms with E-state index in [4.69, 9.17) is 21.4 Å². The molecule has 2 heterocycles. The first-order chi connectivity index (χ1) is 13.0. The molecule has 2 fully saturated rings. The van der Waals surface area contributed by atoms with Crippen LogP contribution in [-0.4, -0.2) is 26.9 Å². The molecule has 1 saturated carbocycles. The maximum atomic E-state index is 12.4. The second kappa shape index (κ2) is 6.84. The number of furan rings is 1. The number of hydrogen-bond acceptors (Lipinski definition) is 6. The van der Waals surface area contributed by atoms with E-state index in [1.54, 1.807) is 23.1 Å². The average Bonchev–Trinajstić information content (AvgIpc) is 3.31. The highest BCUT2D eigenvalue weighted by molar-refractivity contribution is 7.80. The molecular weight excluding hydrogens is 370 g/mol. The molecule has 0 unspecified atom stereocenters. The van der Waals surface area contributed by atoms with Crippen LogP contribution in [0.4, 0.5) is 5.69 Å². The van der Waals surface area contributed by atoms with E-state index >= 15 is 0 Å². The van der Waals surface area contributed by atoms with Crippen LogP contribution < -0.4 is 10.1 Å². The van der Waals surface area contributed by atoms with E-state index in [1.807, 2.05) is 0 Å². The smallest absolute Gasteiger partial charge is 0.276 e. The van der Waals surface area contributed by atoms with Crippen LogP contribution in [0.1, 0.15) is 24.4 Å². The van der Waals surface area contributed by atoms with Gasteiger partial charge in [0.15, 0.2) is 5.11 Å². The summed E-state index contributed by atoms with van der Waals surface area (Å²) >= 11 is 5.21. The molecule has 1 aromatic carbocycles. The lowest BCUT2D eigenvalue weighted by Crippen LogP contribution is -2.32. The molecule has 2 aromatic rings. The number of hydrogen-bond donors (Lipinski definition) is 1. The fourth-order valence-corrected chi connectivity index (χ4v) is 3.07. The third-order valence-corrected chi connectivity index (χ3v) is 4.52. The minimum atomic E-state index is -0.468. The van der Waals surface area contributed by atoms with Gasteiger partial charge in [-0.15, -0.1) is 0 Å². The van der Waals surface area contributed by atoms with Crippen LogP contribution in [0.2, 0.25) is 0 Å². The normalized spacial score (nSPS) is 18.1. The number of nitro groups is 1. The summed E-state index contributed by atoms with van der Waals surface area (Å²) < 4.78 is 11.2. The quantitative estimate of drug-likeness (QED) is 0.353. The van der Waals surface area contributed by atoms with E-state index in [0.29, 0.717) is 28.1 Å². The lowest BCUT2D eigenvalue weighted by atomic mass is 10.3. The Morgan fingerprint density at radius 3 is 2.70 bits per heavy atom. The molecule has 4 rings (SSSR count). The first kappa shape index (κ1) is 17.2. The minimum absolute atomic E-state index is 0.00106. The molecule has 2 aliphatic rings. The van der Waals surface area contributed by atoms with Crippen molar-refractivity contribution in [1.29, 1.82) is 0 Å². The average molecular weight is 385 g/mol. The van der Waals surface area contributed by atoms with Crippen LogP contribution in [0.15, 0.2) is 46.5 Å². The van der Waals surface area contributed by atoms with Gasteiger partial charge in [-0.1, -0.05) is 0 Å². The number of nitrogens with one attached hydrogen (secondary N) is 1. The Labute approximate surface area is 159 Å². The zero-order valence-corrected chi connectivity index (χ0v) is 14.9. The van der Waals surface area contributed by atoms with Crippen LogP contribution in [0, 0.1) is 10.1 Å². The topological polar surface area (TPSA) is 97.8 Å². The summed E-state index contributed by atoms with van der Waals surface area (Å²) in [6, 6.07) is 9.49. The molecular formula is C18H15N3O5S. The number of thiocarbonyl (C=S) groups is 1. The monoisotopic (exact) mass is 385 g/mol. The van der Waals surface area contributed by atoms with Crippen molar-refractivity contribution in [1.82, 2.24) is 10.2 Å². The van der Waals surface area contributed by atoms with Crippen molar-refractivity contribution in [2.24, 2.45) is 0 Å². The Kier molecular flexibility index (Phi) is 4.36. The van der Waals surface area contributed by atoms with E-state index in [-0.39, 0.29) is 24.2 Å². The molecule has 1 aliphatic carbocycles. The van der Waals surface area contributed by atoms with E-state index in [0.717, 1.165) is 12.8 Å². The summed E-state index contributed by atoms with van der Waals surface area (Å²) in [5.74, 6) is 1.43. The van der Waals surface area contributed by atoms with E-state index in [1.165, 1.54) is 24.3 Å². The third-order valence-electron chi connectivity index (χ3n) is 4.22. The van der Waals surface area contributed by atoms with Gasteiger partial charge in [-0.2, -0.15) is 0 Å². The number of rotatable bonds is 6. The fraction of sp³-hybridized carbons (Fsp3) is 0.222. The van der Waals surface area contributed by atoms with E-state index in [2.05, 4.69) is 5.32 Å². The summed E-state index contributed by atoms with van der Waals surface area (Å²) in [7, 11) is 0. The van der Waals surface area contributed by atoms with Crippen molar-refractivity contribution < 1.29 is 18.9 Å². The molecule has 8 nitrogen and oxygen atoms in total. The molecule has 0 radical (unpaired) electrons. The molecule has 1 saturated heterocycles. The van der Waals surface area contributed by atoms with Gasteiger partial charge in [0.1, 0.15) is 29.6 Å². The van der Waals surface area contributed by atoms with Crippen LogP contribution in [0.5, 0.6) is 5.75 Å². The third kappa shape index (κ3) is 3.68. The summed E-state index contributed by atoms with van der Waals surface area (Å²) in [4.78, 5) is 24.2. The molecule has 1 N–H and O–H groups in total. The van der Waals surface area contributed by atoms with Gasteiger partial charge < -0.3 is 14.5 Å². The number of ether oxygens (including phenoxy) is 1. The summed E-state index contributed by atoms with van der Waals surface area (Å²) in [6.45, 7) is 0.162. The Balaban J connectivity index is 1.39. The molecule has 0 bridgehead atoms. The van der Waals surface area contributed by atoms with Gasteiger partial charge in [0.2, 0.25) is 0 Å². The lowest BCUT2D eigenvalue weighted by molar-refractivity contribution is -0.384. The van der Waals surface area contributed by atoms with Gasteiger partial charge in [0.25, 0.3) is 11.6 Å². The van der Waals surface area contributed by atoms with Gasteiger partial charge in [0, 0.05) is 24.3 Å². The number of carbonyl (C=O) groups excluding carboxylic acids is 1. The van der Waals surface area contributed by atoms with Crippen LogP contribution in [0.3, 0.4) is 0 Å². The van der Waals surface area contributed by atoms with Crippen molar-refractivity contribution in [3.8, 4) is 5.75 Å². The van der Waals surface area contributed by atoms with Crippen molar-refractivity contribution in [2.75, 3.05) is 0 Å². The summed E-state index contributed by atoms with van der Waals surface area (Å²) in [5.41, 5.74) is 0.394. The number of benzene rings is 1. The first-order valence-corrected chi connectivity index (χ1v) is 8.74. The number of nitro benzene ring substituents is 1. The van der Waals surface area contributed by atoms with E-state index in [9.17, 15) is 14.9 Å². The zero-order chi connectivity index (χ0) is 19.0. The predicted molar refractivity (Wildman–Crippen MR) is 99.7 cm³/mol. The second-order valence-electron chi connectivity index (χ2n) is 6.24. The van der Waals surface area contributed by atoms with Gasteiger partial charge >= 0.3 is 0 Å². The highest BCUT2D eigenvalue weighted by atomic mass is 32.1. The summed E-state index contributed by atoms with van der Waals surface area (Å²) in [5, 5.41) is 14.0. The van der Waals surface area contributed by atoms with Crippen molar-refractivity contribution >= 4 is 35.0 Å². The number of carbonyl (C=O) groups is 1. The zero-order valence-electron chi connectivity index (χ0n) is 14.1. The minimum Gasteiger partial charge on any atom is -0.486 e. The number of nitrogens with zero attached hydrogens (tertiary/aromatic N) is 2. The Morgan fingerprint density at radius 2 is 2.04 bits per heavy atom. The van der Waals surface area contributed by atoms with Gasteiger partial charge in [0.05, 0.1) is 4.92 Å². The molecule has 1 aromatic heterocycles. The van der Waals surface area contributed by atoms with Crippen molar-refractivity contribution in [3.63, 3.8) is 0 Å². The highest BCUT2D eigenvalue weighted by Gasteiger charge is 2.41. The van der Waals surface area contributed by atoms with E-state index < -0.39 is 4.92 Å². The molecule has 0 atom stereocenters. The molecule has 27 heavy (non-hydrogen) atoms. The van der Waals surface area contributed by atoms with Gasteiger partial charge in [-0.3, -0.25) is 19.8 Å².